The molecule has 0 atom stereocenters. The number of benzene rings is 2. The molecule has 2 rings (SSSR count). The fourth-order valence-electron chi connectivity index (χ4n) is 2.08. The van der Waals surface area contributed by atoms with Crippen LogP contribution in [0.3, 0.4) is 0 Å². The Morgan fingerprint density at radius 1 is 1.00 bits per heavy atom. The lowest BCUT2D eigenvalue weighted by atomic mass is 9.99. The van der Waals surface area contributed by atoms with Gasteiger partial charge in [0.05, 0.1) is 0 Å². The van der Waals surface area contributed by atoms with E-state index in [0.29, 0.717) is 0 Å². The van der Waals surface area contributed by atoms with Crippen LogP contribution >= 0.6 is 0 Å². The minimum absolute atomic E-state index is 1.01. The predicted molar refractivity (Wildman–Crippen MR) is 70.6 cm³/mol. The largest absolute Gasteiger partial charge is 0.120 e. The molecule has 2 aromatic carbocycles. The highest BCUT2D eigenvalue weighted by atomic mass is 14.0. The van der Waals surface area contributed by atoms with E-state index in [0.717, 1.165) is 16.9 Å². The Hall–Kier alpha value is -2.00. The third-order valence-corrected chi connectivity index (χ3v) is 2.89. The molecule has 0 fully saturated rings. The summed E-state index contributed by atoms with van der Waals surface area (Å²) in [7, 11) is 0. The summed E-state index contributed by atoms with van der Waals surface area (Å²) >= 11 is 0. The molecule has 0 bridgehead atoms. The van der Waals surface area contributed by atoms with Crippen molar-refractivity contribution in [1.29, 1.82) is 0 Å². The molecule has 0 radical (unpaired) electrons. The molecule has 0 aliphatic carbocycles. The fraction of sp³-hybridized carbons (Fsp3) is 0.125. The van der Waals surface area contributed by atoms with Crippen LogP contribution in [-0.2, 0) is 6.42 Å². The van der Waals surface area contributed by atoms with Crippen LogP contribution in [0.25, 0.3) is 22.2 Å². The van der Waals surface area contributed by atoms with Crippen molar-refractivity contribution in [2.75, 3.05) is 0 Å². The summed E-state index contributed by atoms with van der Waals surface area (Å²) < 4.78 is 0. The van der Waals surface area contributed by atoms with Crippen molar-refractivity contribution in [3.05, 3.63) is 59.5 Å². The van der Waals surface area contributed by atoms with Gasteiger partial charge in [0.25, 0.3) is 0 Å². The van der Waals surface area contributed by atoms with Crippen LogP contribution in [0.5, 0.6) is 0 Å². The zero-order valence-corrected chi connectivity index (χ0v) is 9.51. The number of hydrogen-bond acceptors (Lipinski definition) is 0. The number of fused-ring (bicyclic) bond motifs is 1. The highest BCUT2D eigenvalue weighted by Gasteiger charge is 2.01. The van der Waals surface area contributed by atoms with Crippen LogP contribution in [0.2, 0.25) is 0 Å². The zero-order valence-electron chi connectivity index (χ0n) is 9.51. The minimum atomic E-state index is 1.01. The van der Waals surface area contributed by atoms with Crippen molar-refractivity contribution in [3.63, 3.8) is 0 Å². The van der Waals surface area contributed by atoms with Crippen LogP contribution in [0.15, 0.2) is 43.5 Å². The van der Waals surface area contributed by atoms with Crippen molar-refractivity contribution < 1.29 is 0 Å². The normalized spacial score (nSPS) is 9.81. The number of aryl methyl sites for hydroxylation is 1. The molecule has 2 aromatic rings. The van der Waals surface area contributed by atoms with Gasteiger partial charge in [-0.2, -0.15) is 0 Å². The average Bonchev–Trinajstić information content (AvgIpc) is 2.36. The Bertz CT molecular complexity index is 695. The molecular formula is C16H14. The first-order chi connectivity index (χ1) is 7.81. The molecule has 78 valence electrons. The quantitative estimate of drug-likeness (QED) is 0.672. The summed E-state index contributed by atoms with van der Waals surface area (Å²) in [6.07, 6.45) is 1.01. The van der Waals surface area contributed by atoms with Gasteiger partial charge < -0.3 is 0 Å². The summed E-state index contributed by atoms with van der Waals surface area (Å²) in [6.45, 7) is 9.64. The molecule has 16 heavy (non-hydrogen) atoms. The van der Waals surface area contributed by atoms with Crippen molar-refractivity contribution in [3.8, 4) is 0 Å². The van der Waals surface area contributed by atoms with Gasteiger partial charge in [-0.25, -0.2) is 0 Å². The second kappa shape index (κ2) is 4.24. The molecular weight excluding hydrogens is 192 g/mol. The van der Waals surface area contributed by atoms with Gasteiger partial charge in [0, 0.05) is 15.8 Å². The summed E-state index contributed by atoms with van der Waals surface area (Å²) in [5.74, 6) is 0. The Morgan fingerprint density at radius 3 is 2.31 bits per heavy atom. The summed E-state index contributed by atoms with van der Waals surface area (Å²) in [5.41, 5.74) is 7.29. The standard InChI is InChI=1S/C16H14/c1-4-12-10-11-14(6-3)16-13(5-2)8-7-9-15(12)16/h7-11H,1,3,5H2,2H3. The minimum Gasteiger partial charge on any atom is -0.120 e. The van der Waals surface area contributed by atoms with Gasteiger partial charge >= 0.3 is 0 Å². The molecule has 0 heteroatoms. The van der Waals surface area contributed by atoms with Crippen molar-refractivity contribution in [2.24, 2.45) is 0 Å². The lowest BCUT2D eigenvalue weighted by molar-refractivity contribution is 1.16. The summed E-state index contributed by atoms with van der Waals surface area (Å²) in [6, 6.07) is 10.4. The number of rotatable bonds is 1. The van der Waals surface area contributed by atoms with Gasteiger partial charge in [-0.15, -0.1) is 11.5 Å². The first-order valence-corrected chi connectivity index (χ1v) is 5.42. The fourth-order valence-corrected chi connectivity index (χ4v) is 2.08. The second-order valence-electron chi connectivity index (χ2n) is 3.71. The third kappa shape index (κ3) is 1.51. The molecule has 0 saturated heterocycles. The molecule has 0 unspecified atom stereocenters. The lowest BCUT2D eigenvalue weighted by Crippen LogP contribution is -2.11. The van der Waals surface area contributed by atoms with Crippen LogP contribution in [0.1, 0.15) is 12.5 Å². The van der Waals surface area contributed by atoms with Gasteiger partial charge in [0.15, 0.2) is 0 Å². The van der Waals surface area contributed by atoms with E-state index >= 15 is 0 Å². The Labute approximate surface area is 95.5 Å². The maximum Gasteiger partial charge on any atom is 0.0240 e. The Morgan fingerprint density at radius 2 is 1.69 bits per heavy atom. The molecule has 0 aliphatic heterocycles. The topological polar surface area (TPSA) is 0 Å². The van der Waals surface area contributed by atoms with Crippen LogP contribution < -0.4 is 10.4 Å². The first-order valence-electron chi connectivity index (χ1n) is 5.42. The van der Waals surface area contributed by atoms with E-state index in [1.54, 1.807) is 0 Å². The second-order valence-corrected chi connectivity index (χ2v) is 3.71. The highest BCUT2D eigenvalue weighted by Crippen LogP contribution is 2.12. The van der Waals surface area contributed by atoms with Crippen LogP contribution in [-0.4, -0.2) is 0 Å². The molecule has 0 aromatic heterocycles. The maximum absolute atomic E-state index is 3.75. The lowest BCUT2D eigenvalue weighted by Gasteiger charge is -2.04. The Balaban J connectivity index is 3.22. The first kappa shape index (κ1) is 10.5. The van der Waals surface area contributed by atoms with Gasteiger partial charge in [-0.1, -0.05) is 38.3 Å². The predicted octanol–water partition coefficient (Wildman–Crippen LogP) is 2.53. The molecule has 0 saturated carbocycles. The van der Waals surface area contributed by atoms with E-state index in [4.69, 9.17) is 0 Å². The molecule has 0 heterocycles. The van der Waals surface area contributed by atoms with E-state index in [9.17, 15) is 0 Å². The Kier molecular flexibility index (Phi) is 2.79. The van der Waals surface area contributed by atoms with Crippen LogP contribution in [0, 0.1) is 0 Å². The van der Waals surface area contributed by atoms with E-state index in [1.807, 2.05) is 12.1 Å². The van der Waals surface area contributed by atoms with Crippen molar-refractivity contribution in [2.45, 2.75) is 13.3 Å². The highest BCUT2D eigenvalue weighted by molar-refractivity contribution is 5.87. The molecule has 0 amide bonds. The molecule has 0 nitrogen and oxygen atoms in total. The van der Waals surface area contributed by atoms with E-state index in [1.165, 1.54) is 16.3 Å². The van der Waals surface area contributed by atoms with E-state index in [2.05, 4.69) is 49.7 Å². The number of hydrogen-bond donors (Lipinski definition) is 0. The molecule has 0 aliphatic rings. The maximum atomic E-state index is 3.75. The van der Waals surface area contributed by atoms with Gasteiger partial charge in [-0.05, 0) is 29.5 Å². The summed E-state index contributed by atoms with van der Waals surface area (Å²) in [4.78, 5) is 0. The molecule has 0 N–H and O–H groups in total. The van der Waals surface area contributed by atoms with Gasteiger partial charge in [0.2, 0.25) is 0 Å². The molecule has 0 spiro atoms. The van der Waals surface area contributed by atoms with Crippen molar-refractivity contribution in [1.82, 2.24) is 0 Å². The van der Waals surface area contributed by atoms with Crippen molar-refractivity contribution >= 4 is 22.2 Å². The summed E-state index contributed by atoms with van der Waals surface area (Å²) in [5, 5.41) is 4.52. The SMILES string of the molecule is C=C=c1ccc(=C=C)c2c(CC)cccc12. The zero-order chi connectivity index (χ0) is 11.5. The average molecular weight is 206 g/mol. The van der Waals surface area contributed by atoms with Gasteiger partial charge in [-0.3, -0.25) is 0 Å². The van der Waals surface area contributed by atoms with Gasteiger partial charge in [0.1, 0.15) is 0 Å². The van der Waals surface area contributed by atoms with E-state index < -0.39 is 0 Å². The monoisotopic (exact) mass is 206 g/mol. The third-order valence-electron chi connectivity index (χ3n) is 2.89. The van der Waals surface area contributed by atoms with Crippen LogP contribution in [0.4, 0.5) is 0 Å². The van der Waals surface area contributed by atoms with E-state index in [-0.39, 0.29) is 0 Å². The smallest absolute Gasteiger partial charge is 0.0240 e.